The molecule has 0 bridgehead atoms. The minimum Gasteiger partial charge on any atom is -0.309 e. The molecule has 0 saturated heterocycles. The summed E-state index contributed by atoms with van der Waals surface area (Å²) in [7, 11) is 4.31. The molecule has 3 heteroatoms. The summed E-state index contributed by atoms with van der Waals surface area (Å²) < 4.78 is -0.173. The first-order chi connectivity index (χ1) is 13.2. The summed E-state index contributed by atoms with van der Waals surface area (Å²) in [6.07, 6.45) is 0. The Morgan fingerprint density at radius 2 is 1.52 bits per heavy atom. The van der Waals surface area contributed by atoms with Gasteiger partial charge in [-0.2, -0.15) is 0 Å². The first-order valence-corrected chi connectivity index (χ1v) is 11.3. The molecule has 0 aromatic heterocycles. The van der Waals surface area contributed by atoms with Crippen LogP contribution in [0, 0.1) is 0 Å². The highest BCUT2D eigenvalue weighted by Crippen LogP contribution is 2.54. The molecule has 0 amide bonds. The van der Waals surface area contributed by atoms with Gasteiger partial charge in [0.25, 0.3) is 0 Å². The zero-order chi connectivity index (χ0) is 18.7. The van der Waals surface area contributed by atoms with Crippen molar-refractivity contribution in [3.63, 3.8) is 0 Å². The smallest absolute Gasteiger partial charge is 0.0921 e. The van der Waals surface area contributed by atoms with E-state index in [0.29, 0.717) is 0 Å². The van der Waals surface area contributed by atoms with Crippen LogP contribution in [0.3, 0.4) is 0 Å². The van der Waals surface area contributed by atoms with Crippen molar-refractivity contribution in [3.05, 3.63) is 101 Å². The molecule has 138 valence electrons. The highest BCUT2D eigenvalue weighted by Gasteiger charge is 2.41. The minimum absolute atomic E-state index is 0.173. The largest absolute Gasteiger partial charge is 0.309 e. The average molecular weight is 392 g/mol. The molecule has 27 heavy (non-hydrogen) atoms. The van der Waals surface area contributed by atoms with E-state index < -0.39 is 0 Å². The second-order valence-electron chi connectivity index (χ2n) is 7.14. The fourth-order valence-electron chi connectivity index (χ4n) is 3.78. The lowest BCUT2D eigenvalue weighted by Crippen LogP contribution is -2.29. The van der Waals surface area contributed by atoms with E-state index in [1.54, 1.807) is 0 Å². The van der Waals surface area contributed by atoms with Crippen LogP contribution in [0.15, 0.2) is 83.8 Å². The van der Waals surface area contributed by atoms with Gasteiger partial charge >= 0.3 is 0 Å². The summed E-state index contributed by atoms with van der Waals surface area (Å²) in [6, 6.07) is 29.1. The fraction of sp³-hybridized carbons (Fsp3) is 0.250. The second-order valence-corrected chi connectivity index (χ2v) is 9.47. The van der Waals surface area contributed by atoms with E-state index in [2.05, 4.69) is 110 Å². The highest BCUT2D eigenvalue weighted by molar-refractivity contribution is 8.01. The summed E-state index contributed by atoms with van der Waals surface area (Å²) >= 11 is 4.04. The lowest BCUT2D eigenvalue weighted by atomic mass is 9.82. The molecule has 0 fully saturated rings. The molecular weight excluding hydrogens is 366 g/mol. The average Bonchev–Trinajstić information content (AvgIpc) is 2.84. The molecule has 0 radical (unpaired) electrons. The van der Waals surface area contributed by atoms with E-state index in [9.17, 15) is 0 Å². The summed E-state index contributed by atoms with van der Waals surface area (Å²) in [5.74, 6) is 2.10. The van der Waals surface area contributed by atoms with Gasteiger partial charge in [0.2, 0.25) is 0 Å². The molecule has 1 aliphatic rings. The molecule has 0 aliphatic carbocycles. The zero-order valence-electron chi connectivity index (χ0n) is 15.9. The first-order valence-electron chi connectivity index (χ1n) is 9.37. The van der Waals surface area contributed by atoms with E-state index in [4.69, 9.17) is 0 Å². The van der Waals surface area contributed by atoms with Crippen LogP contribution >= 0.6 is 23.5 Å². The third kappa shape index (κ3) is 3.56. The van der Waals surface area contributed by atoms with Crippen molar-refractivity contribution in [1.29, 1.82) is 0 Å². The Labute approximate surface area is 171 Å². The van der Waals surface area contributed by atoms with Crippen LogP contribution < -0.4 is 0 Å². The van der Waals surface area contributed by atoms with Gasteiger partial charge in [0, 0.05) is 22.9 Å². The Bertz CT molecular complexity index is 858. The maximum Gasteiger partial charge on any atom is 0.0921 e. The lowest BCUT2D eigenvalue weighted by molar-refractivity contribution is 0.437. The van der Waals surface area contributed by atoms with Gasteiger partial charge in [0.1, 0.15) is 0 Å². The van der Waals surface area contributed by atoms with E-state index >= 15 is 0 Å². The van der Waals surface area contributed by atoms with E-state index in [1.807, 2.05) is 11.8 Å². The lowest BCUT2D eigenvalue weighted by Gasteiger charge is -2.36. The molecule has 0 spiro atoms. The van der Waals surface area contributed by atoms with Crippen molar-refractivity contribution < 1.29 is 0 Å². The number of hydrogen-bond acceptors (Lipinski definition) is 3. The molecule has 1 aliphatic heterocycles. The standard InChI is InChI=1S/C24H25NS2/c1-25(2)16-17-27-24(20-11-4-3-5-12-20)21-13-7-6-10-19(21)18-26-23-15-9-8-14-22(23)24/h3-15H,16-18H2,1-2H3. The number of thioether (sulfide) groups is 2. The third-order valence-corrected chi connectivity index (χ3v) is 7.70. The molecule has 1 atom stereocenters. The highest BCUT2D eigenvalue weighted by atomic mass is 32.2. The predicted molar refractivity (Wildman–Crippen MR) is 120 cm³/mol. The van der Waals surface area contributed by atoms with Gasteiger partial charge in [0.15, 0.2) is 0 Å². The van der Waals surface area contributed by atoms with Gasteiger partial charge in [-0.05, 0) is 42.4 Å². The number of hydrogen-bond donors (Lipinski definition) is 0. The van der Waals surface area contributed by atoms with Gasteiger partial charge in [-0.25, -0.2) is 0 Å². The van der Waals surface area contributed by atoms with E-state index in [-0.39, 0.29) is 4.75 Å². The van der Waals surface area contributed by atoms with E-state index in [0.717, 1.165) is 18.1 Å². The van der Waals surface area contributed by atoms with Crippen LogP contribution in [0.5, 0.6) is 0 Å². The van der Waals surface area contributed by atoms with Gasteiger partial charge in [-0.1, -0.05) is 72.8 Å². The SMILES string of the molecule is CN(C)CCSC1(c2ccccc2)c2ccccc2CSc2ccccc21. The van der Waals surface area contributed by atoms with Crippen LogP contribution in [0.4, 0.5) is 0 Å². The van der Waals surface area contributed by atoms with Crippen molar-refractivity contribution in [1.82, 2.24) is 4.90 Å². The molecule has 1 heterocycles. The summed E-state index contributed by atoms with van der Waals surface area (Å²) in [4.78, 5) is 3.67. The Hall–Kier alpha value is -1.68. The Balaban J connectivity index is 1.98. The summed E-state index contributed by atoms with van der Waals surface area (Å²) in [5.41, 5.74) is 5.68. The van der Waals surface area contributed by atoms with Gasteiger partial charge in [0.05, 0.1) is 4.75 Å². The van der Waals surface area contributed by atoms with Crippen LogP contribution in [0.1, 0.15) is 22.3 Å². The fourth-order valence-corrected chi connectivity index (χ4v) is 6.71. The maximum atomic E-state index is 2.34. The van der Waals surface area contributed by atoms with Gasteiger partial charge in [-0.3, -0.25) is 0 Å². The Morgan fingerprint density at radius 3 is 2.30 bits per heavy atom. The Kier molecular flexibility index (Phi) is 5.63. The quantitative estimate of drug-likeness (QED) is 0.535. The van der Waals surface area contributed by atoms with Crippen molar-refractivity contribution in [2.75, 3.05) is 26.4 Å². The van der Waals surface area contributed by atoms with Crippen LogP contribution in [-0.2, 0) is 10.5 Å². The number of fused-ring (bicyclic) bond motifs is 2. The predicted octanol–water partition coefficient (Wildman–Crippen LogP) is 5.88. The zero-order valence-corrected chi connectivity index (χ0v) is 17.5. The molecule has 4 rings (SSSR count). The summed E-state index contributed by atoms with van der Waals surface area (Å²) in [6.45, 7) is 1.07. The van der Waals surface area contributed by atoms with Gasteiger partial charge < -0.3 is 4.90 Å². The van der Waals surface area contributed by atoms with E-state index in [1.165, 1.54) is 27.1 Å². The normalized spacial score (nSPS) is 18.6. The minimum atomic E-state index is -0.173. The van der Waals surface area contributed by atoms with Crippen molar-refractivity contribution in [2.24, 2.45) is 0 Å². The molecular formula is C24H25NS2. The molecule has 1 unspecified atom stereocenters. The van der Waals surface area contributed by atoms with Crippen molar-refractivity contribution >= 4 is 23.5 Å². The first kappa shape index (κ1) is 18.7. The van der Waals surface area contributed by atoms with Crippen LogP contribution in [-0.4, -0.2) is 31.3 Å². The number of nitrogens with zero attached hydrogens (tertiary/aromatic N) is 1. The second kappa shape index (κ2) is 8.14. The van der Waals surface area contributed by atoms with Crippen molar-refractivity contribution in [3.8, 4) is 0 Å². The van der Waals surface area contributed by atoms with Crippen LogP contribution in [0.25, 0.3) is 0 Å². The van der Waals surface area contributed by atoms with Gasteiger partial charge in [-0.15, -0.1) is 23.5 Å². The molecule has 0 N–H and O–H groups in total. The topological polar surface area (TPSA) is 3.24 Å². The Morgan fingerprint density at radius 1 is 0.852 bits per heavy atom. The molecule has 3 aromatic rings. The molecule has 1 nitrogen and oxygen atoms in total. The number of benzene rings is 3. The van der Waals surface area contributed by atoms with Crippen molar-refractivity contribution in [2.45, 2.75) is 15.4 Å². The maximum absolute atomic E-state index is 2.34. The van der Waals surface area contributed by atoms with Crippen LogP contribution in [0.2, 0.25) is 0 Å². The summed E-state index contributed by atoms with van der Waals surface area (Å²) in [5, 5.41) is 0. The monoisotopic (exact) mass is 391 g/mol. The molecule has 3 aromatic carbocycles. The third-order valence-electron chi connectivity index (χ3n) is 5.08. The molecule has 0 saturated carbocycles. The number of rotatable bonds is 5.